The number of benzene rings is 1. The standard InChI is InChI=1S/C27H38ClFN4O3Si/c1-16-13-32(14-17(2)36-16)20-11-10-18(12-19(20)29)33-24-22(27(6,7)25(33)34)23(28)30-21(31-24)15-35-37(8,9)26(3,4)5/h10-12,16-17H,13-15H2,1-9H3/t16-,17+. The van der Waals surface area contributed by atoms with Gasteiger partial charge < -0.3 is 14.1 Å². The minimum Gasteiger partial charge on any atom is -0.409 e. The largest absolute Gasteiger partial charge is 0.409 e. The molecular weight excluding hydrogens is 511 g/mol. The third kappa shape index (κ3) is 5.15. The number of nitrogens with zero attached hydrogens (tertiary/aromatic N) is 4. The molecule has 37 heavy (non-hydrogen) atoms. The highest BCUT2D eigenvalue weighted by atomic mass is 35.5. The SMILES string of the molecule is C[C@@H]1CN(c2ccc(N3C(=O)C(C)(C)c4c(Cl)nc(CO[Si](C)(C)C(C)(C)C)nc43)cc2F)C[C@H](C)O1. The molecule has 7 nitrogen and oxygen atoms in total. The summed E-state index contributed by atoms with van der Waals surface area (Å²) in [6.45, 7) is 19.7. The molecule has 1 aromatic carbocycles. The van der Waals surface area contributed by atoms with E-state index in [1.165, 1.54) is 11.0 Å². The van der Waals surface area contributed by atoms with Crippen LogP contribution >= 0.6 is 11.6 Å². The lowest BCUT2D eigenvalue weighted by Gasteiger charge is -2.37. The second kappa shape index (κ2) is 9.59. The van der Waals surface area contributed by atoms with Crippen molar-refractivity contribution in [3.63, 3.8) is 0 Å². The average Bonchev–Trinajstić information content (AvgIpc) is 2.96. The van der Waals surface area contributed by atoms with Gasteiger partial charge in [0.15, 0.2) is 14.1 Å². The summed E-state index contributed by atoms with van der Waals surface area (Å²) in [5.74, 6) is 0.142. The first kappa shape index (κ1) is 27.9. The van der Waals surface area contributed by atoms with Crippen LogP contribution in [0.2, 0.25) is 23.3 Å². The molecule has 3 heterocycles. The fraction of sp³-hybridized carbons (Fsp3) is 0.593. The summed E-state index contributed by atoms with van der Waals surface area (Å²) in [5.41, 5.74) is 0.463. The number of carbonyl (C=O) groups is 1. The second-order valence-electron chi connectivity index (χ2n) is 12.2. The topological polar surface area (TPSA) is 67.8 Å². The van der Waals surface area contributed by atoms with Crippen molar-refractivity contribution in [3.05, 3.63) is 40.6 Å². The van der Waals surface area contributed by atoms with Gasteiger partial charge in [0.25, 0.3) is 0 Å². The maximum Gasteiger partial charge on any atom is 0.243 e. The molecule has 0 radical (unpaired) electrons. The lowest BCUT2D eigenvalue weighted by molar-refractivity contribution is -0.121. The van der Waals surface area contributed by atoms with E-state index in [2.05, 4.69) is 38.8 Å². The summed E-state index contributed by atoms with van der Waals surface area (Å²) in [5, 5.41) is 0.236. The number of amides is 1. The quantitative estimate of drug-likeness (QED) is 0.320. The van der Waals surface area contributed by atoms with Crippen molar-refractivity contribution in [2.75, 3.05) is 22.9 Å². The molecule has 1 fully saturated rings. The summed E-state index contributed by atoms with van der Waals surface area (Å²) < 4.78 is 27.6. The van der Waals surface area contributed by atoms with Crippen LogP contribution in [0.15, 0.2) is 18.2 Å². The minimum atomic E-state index is -2.06. The summed E-state index contributed by atoms with van der Waals surface area (Å²) >= 11 is 6.64. The number of hydrogen-bond acceptors (Lipinski definition) is 6. The first-order chi connectivity index (χ1) is 17.0. The van der Waals surface area contributed by atoms with E-state index in [0.29, 0.717) is 41.7 Å². The number of aromatic nitrogens is 2. The molecule has 1 aromatic heterocycles. The third-order valence-corrected chi connectivity index (χ3v) is 12.5. The van der Waals surface area contributed by atoms with E-state index in [9.17, 15) is 4.79 Å². The zero-order valence-electron chi connectivity index (χ0n) is 23.3. The highest BCUT2D eigenvalue weighted by molar-refractivity contribution is 6.74. The number of fused-ring (bicyclic) bond motifs is 1. The van der Waals surface area contributed by atoms with Crippen molar-refractivity contribution < 1.29 is 18.3 Å². The summed E-state index contributed by atoms with van der Waals surface area (Å²) in [6.07, 6.45) is 0.00272. The Hall–Kier alpha value is -2.07. The fourth-order valence-electron chi connectivity index (χ4n) is 4.68. The lowest BCUT2D eigenvalue weighted by atomic mass is 9.88. The molecule has 2 aliphatic rings. The van der Waals surface area contributed by atoms with E-state index in [1.54, 1.807) is 26.0 Å². The van der Waals surface area contributed by atoms with Crippen LogP contribution in [0.5, 0.6) is 0 Å². The highest BCUT2D eigenvalue weighted by Crippen LogP contribution is 2.47. The van der Waals surface area contributed by atoms with Gasteiger partial charge in [0.1, 0.15) is 16.8 Å². The molecule has 0 bridgehead atoms. The molecule has 202 valence electrons. The molecule has 0 aliphatic carbocycles. The Labute approximate surface area is 225 Å². The molecule has 1 amide bonds. The molecule has 2 aromatic rings. The van der Waals surface area contributed by atoms with E-state index in [-0.39, 0.29) is 34.9 Å². The Morgan fingerprint density at radius 2 is 1.81 bits per heavy atom. The predicted octanol–water partition coefficient (Wildman–Crippen LogP) is 6.36. The molecule has 1 saturated heterocycles. The van der Waals surface area contributed by atoms with Gasteiger partial charge in [-0.15, -0.1) is 0 Å². The van der Waals surface area contributed by atoms with Crippen LogP contribution in [0, 0.1) is 5.82 Å². The number of hydrogen-bond donors (Lipinski definition) is 0. The van der Waals surface area contributed by atoms with Gasteiger partial charge in [0.05, 0.1) is 35.6 Å². The highest BCUT2D eigenvalue weighted by Gasteiger charge is 2.48. The summed E-state index contributed by atoms with van der Waals surface area (Å²) in [6, 6.07) is 4.87. The minimum absolute atomic E-state index is 0.00136. The average molecular weight is 549 g/mol. The molecule has 0 N–H and O–H groups in total. The molecule has 2 aliphatic heterocycles. The number of morpholine rings is 1. The fourth-order valence-corrected chi connectivity index (χ4v) is 6.02. The van der Waals surface area contributed by atoms with Crippen molar-refractivity contribution in [2.24, 2.45) is 0 Å². The number of halogens is 2. The molecule has 2 atom stereocenters. The van der Waals surface area contributed by atoms with Crippen LogP contribution in [0.1, 0.15) is 59.9 Å². The van der Waals surface area contributed by atoms with Gasteiger partial charge in [-0.05, 0) is 58.0 Å². The van der Waals surface area contributed by atoms with Crippen LogP contribution in [0.3, 0.4) is 0 Å². The smallest absolute Gasteiger partial charge is 0.243 e. The summed E-state index contributed by atoms with van der Waals surface area (Å²) in [4.78, 5) is 26.2. The van der Waals surface area contributed by atoms with Crippen molar-refractivity contribution in [3.8, 4) is 0 Å². The molecule has 0 spiro atoms. The Balaban J connectivity index is 1.70. The van der Waals surface area contributed by atoms with Gasteiger partial charge in [-0.25, -0.2) is 14.4 Å². The maximum atomic E-state index is 15.5. The second-order valence-corrected chi connectivity index (χ2v) is 17.4. The normalized spacial score (nSPS) is 22.0. The van der Waals surface area contributed by atoms with Crippen molar-refractivity contribution >= 4 is 43.0 Å². The van der Waals surface area contributed by atoms with E-state index in [4.69, 9.17) is 25.7 Å². The van der Waals surface area contributed by atoms with E-state index in [0.717, 1.165) is 0 Å². The first-order valence-electron chi connectivity index (χ1n) is 12.8. The molecular formula is C27H38ClFN4O3Si. The number of rotatable bonds is 5. The van der Waals surface area contributed by atoms with Gasteiger partial charge in [0, 0.05) is 24.7 Å². The number of ether oxygens (including phenoxy) is 1. The van der Waals surface area contributed by atoms with Gasteiger partial charge in [-0.3, -0.25) is 9.69 Å². The van der Waals surface area contributed by atoms with Crippen molar-refractivity contribution in [1.82, 2.24) is 9.97 Å². The van der Waals surface area contributed by atoms with Gasteiger partial charge in [-0.1, -0.05) is 32.4 Å². The maximum absolute atomic E-state index is 15.5. The number of anilines is 3. The van der Waals surface area contributed by atoms with E-state index >= 15 is 4.39 Å². The van der Waals surface area contributed by atoms with Crippen LogP contribution in [-0.2, 0) is 26.0 Å². The third-order valence-electron chi connectivity index (χ3n) is 7.78. The molecule has 10 heteroatoms. The zero-order valence-corrected chi connectivity index (χ0v) is 25.0. The van der Waals surface area contributed by atoms with Crippen LogP contribution < -0.4 is 9.80 Å². The van der Waals surface area contributed by atoms with Crippen molar-refractivity contribution in [1.29, 1.82) is 0 Å². The molecule has 0 unspecified atom stereocenters. The lowest BCUT2D eigenvalue weighted by Crippen LogP contribution is -2.45. The van der Waals surface area contributed by atoms with Gasteiger partial charge >= 0.3 is 0 Å². The van der Waals surface area contributed by atoms with Gasteiger partial charge in [-0.2, -0.15) is 0 Å². The van der Waals surface area contributed by atoms with Gasteiger partial charge in [0.2, 0.25) is 5.91 Å². The Morgan fingerprint density at radius 3 is 2.38 bits per heavy atom. The summed E-state index contributed by atoms with van der Waals surface area (Å²) in [7, 11) is -2.06. The van der Waals surface area contributed by atoms with E-state index in [1.807, 2.05) is 18.7 Å². The monoisotopic (exact) mass is 548 g/mol. The first-order valence-corrected chi connectivity index (χ1v) is 16.1. The predicted molar refractivity (Wildman–Crippen MR) is 148 cm³/mol. The van der Waals surface area contributed by atoms with Crippen LogP contribution in [-0.4, -0.2) is 49.5 Å². The zero-order chi connectivity index (χ0) is 27.5. The number of carbonyl (C=O) groups excluding carboxylic acids is 1. The van der Waals surface area contributed by atoms with Crippen molar-refractivity contribution in [2.45, 2.75) is 90.8 Å². The molecule has 0 saturated carbocycles. The van der Waals surface area contributed by atoms with Crippen LogP contribution in [0.4, 0.5) is 21.6 Å². The van der Waals surface area contributed by atoms with E-state index < -0.39 is 19.5 Å². The molecule has 4 rings (SSSR count). The Bertz CT molecular complexity index is 1210. The Kier molecular flexibility index (Phi) is 7.25. The van der Waals surface area contributed by atoms with Crippen LogP contribution in [0.25, 0.3) is 0 Å². The Morgan fingerprint density at radius 1 is 1.19 bits per heavy atom.